The number of nitrogens with one attached hydrogen (secondary N) is 2. The van der Waals surface area contributed by atoms with Crippen molar-refractivity contribution in [1.82, 2.24) is 14.6 Å². The van der Waals surface area contributed by atoms with Gasteiger partial charge in [-0.2, -0.15) is 0 Å². The lowest BCUT2D eigenvalue weighted by atomic mass is 9.92. The molecule has 1 amide bonds. The van der Waals surface area contributed by atoms with Gasteiger partial charge in [0.15, 0.2) is 0 Å². The van der Waals surface area contributed by atoms with Gasteiger partial charge >= 0.3 is 6.09 Å². The Morgan fingerprint density at radius 2 is 1.97 bits per heavy atom. The SMILES string of the molecule is CCOC(=O)N1CCc2c([nH]c3ccc(Cl)cc23)C1c1ccc(OCC(O)CNS(=O)(=O)C(C)C)cc1. The van der Waals surface area contributed by atoms with Crippen LogP contribution in [0.25, 0.3) is 10.9 Å². The van der Waals surface area contributed by atoms with Gasteiger partial charge in [0.1, 0.15) is 24.5 Å². The van der Waals surface area contributed by atoms with Gasteiger partial charge in [0.2, 0.25) is 10.0 Å². The first-order valence-corrected chi connectivity index (χ1v) is 14.2. The molecule has 37 heavy (non-hydrogen) atoms. The molecule has 2 unspecified atom stereocenters. The van der Waals surface area contributed by atoms with E-state index in [1.807, 2.05) is 30.3 Å². The Morgan fingerprint density at radius 3 is 2.65 bits per heavy atom. The van der Waals surface area contributed by atoms with E-state index >= 15 is 0 Å². The second-order valence-electron chi connectivity index (χ2n) is 9.23. The third-order valence-electron chi connectivity index (χ3n) is 6.37. The van der Waals surface area contributed by atoms with Crippen molar-refractivity contribution in [3.63, 3.8) is 0 Å². The van der Waals surface area contributed by atoms with E-state index in [9.17, 15) is 18.3 Å². The number of carbonyl (C=O) groups excluding carboxylic acids is 1. The van der Waals surface area contributed by atoms with Crippen molar-refractivity contribution in [2.45, 2.75) is 44.6 Å². The Labute approximate surface area is 221 Å². The van der Waals surface area contributed by atoms with Crippen molar-refractivity contribution in [2.24, 2.45) is 0 Å². The van der Waals surface area contributed by atoms with E-state index in [0.29, 0.717) is 23.7 Å². The summed E-state index contributed by atoms with van der Waals surface area (Å²) in [6.45, 7) is 5.47. The Hall–Kier alpha value is -2.79. The van der Waals surface area contributed by atoms with Crippen LogP contribution in [0.2, 0.25) is 5.02 Å². The zero-order valence-corrected chi connectivity index (χ0v) is 22.6. The Balaban J connectivity index is 1.53. The molecule has 1 aliphatic rings. The predicted molar refractivity (Wildman–Crippen MR) is 143 cm³/mol. The number of H-pyrrole nitrogens is 1. The van der Waals surface area contributed by atoms with Gasteiger partial charge in [-0.25, -0.2) is 17.9 Å². The van der Waals surface area contributed by atoms with Gasteiger partial charge in [-0.05, 0) is 68.7 Å². The lowest BCUT2D eigenvalue weighted by Gasteiger charge is -2.35. The minimum atomic E-state index is -3.47. The molecule has 0 saturated heterocycles. The highest BCUT2D eigenvalue weighted by Crippen LogP contribution is 2.39. The standard InChI is InChI=1S/C26H32ClN3O6S/c1-4-35-26(32)30-12-11-21-22-13-18(27)7-10-23(22)29-24(21)25(30)17-5-8-20(9-6-17)36-15-19(31)14-28-37(33,34)16(2)3/h5-10,13,16,19,25,28-29,31H,4,11-12,14-15H2,1-3H3. The van der Waals surface area contributed by atoms with Crippen LogP contribution >= 0.6 is 11.6 Å². The maximum atomic E-state index is 12.8. The predicted octanol–water partition coefficient (Wildman–Crippen LogP) is 3.99. The van der Waals surface area contributed by atoms with Gasteiger partial charge < -0.3 is 19.6 Å². The van der Waals surface area contributed by atoms with E-state index in [1.165, 1.54) is 0 Å². The summed E-state index contributed by atoms with van der Waals surface area (Å²) < 4.78 is 37.1. The normalized spacial score (nSPS) is 16.6. The Bertz CT molecular complexity index is 1360. The molecule has 4 rings (SSSR count). The summed E-state index contributed by atoms with van der Waals surface area (Å²) >= 11 is 6.25. The van der Waals surface area contributed by atoms with Crippen molar-refractivity contribution < 1.29 is 27.8 Å². The molecular weight excluding hydrogens is 518 g/mol. The van der Waals surface area contributed by atoms with Gasteiger partial charge in [0, 0.05) is 34.7 Å². The number of halogens is 1. The quantitative estimate of drug-likeness (QED) is 0.371. The number of carbonyl (C=O) groups is 1. The number of hydrogen-bond acceptors (Lipinski definition) is 6. The van der Waals surface area contributed by atoms with Crippen LogP contribution in [0.4, 0.5) is 4.79 Å². The number of benzene rings is 2. The van der Waals surface area contributed by atoms with Gasteiger partial charge in [0.05, 0.1) is 11.9 Å². The van der Waals surface area contributed by atoms with Crippen LogP contribution in [0.15, 0.2) is 42.5 Å². The minimum absolute atomic E-state index is 0.0781. The molecule has 0 radical (unpaired) electrons. The summed E-state index contributed by atoms with van der Waals surface area (Å²) in [5.41, 5.74) is 3.85. The number of aliphatic hydroxyl groups excluding tert-OH is 1. The molecule has 0 spiro atoms. The van der Waals surface area contributed by atoms with E-state index in [4.69, 9.17) is 21.1 Å². The van der Waals surface area contributed by atoms with Crippen molar-refractivity contribution in [1.29, 1.82) is 0 Å². The summed E-state index contributed by atoms with van der Waals surface area (Å²) in [6.07, 6.45) is -0.723. The molecule has 3 aromatic rings. The lowest BCUT2D eigenvalue weighted by Crippen LogP contribution is -2.41. The van der Waals surface area contributed by atoms with Crippen LogP contribution in [-0.2, 0) is 21.2 Å². The molecule has 2 atom stereocenters. The Morgan fingerprint density at radius 1 is 1.24 bits per heavy atom. The maximum Gasteiger partial charge on any atom is 0.410 e. The number of aromatic nitrogens is 1. The monoisotopic (exact) mass is 549 g/mol. The molecule has 9 nitrogen and oxygen atoms in total. The van der Waals surface area contributed by atoms with E-state index in [-0.39, 0.29) is 31.9 Å². The highest BCUT2D eigenvalue weighted by Gasteiger charge is 2.35. The van der Waals surface area contributed by atoms with E-state index in [1.54, 1.807) is 37.8 Å². The molecule has 2 heterocycles. The summed E-state index contributed by atoms with van der Waals surface area (Å²) in [5, 5.41) is 11.2. The number of aliphatic hydroxyl groups is 1. The number of ether oxygens (including phenoxy) is 2. The third kappa shape index (κ3) is 6.04. The number of aromatic amines is 1. The molecule has 2 aromatic carbocycles. The summed E-state index contributed by atoms with van der Waals surface area (Å²) in [7, 11) is -3.47. The van der Waals surface area contributed by atoms with Gasteiger partial charge in [0.25, 0.3) is 0 Å². The topological polar surface area (TPSA) is 121 Å². The molecule has 11 heteroatoms. The van der Waals surface area contributed by atoms with Gasteiger partial charge in [-0.1, -0.05) is 23.7 Å². The van der Waals surface area contributed by atoms with Crippen LogP contribution < -0.4 is 9.46 Å². The highest BCUT2D eigenvalue weighted by atomic mass is 35.5. The fraction of sp³-hybridized carbons (Fsp3) is 0.423. The van der Waals surface area contributed by atoms with Crippen LogP contribution in [-0.4, -0.2) is 67.2 Å². The molecule has 0 aliphatic carbocycles. The van der Waals surface area contributed by atoms with Crippen LogP contribution in [0.1, 0.15) is 43.6 Å². The second-order valence-corrected chi connectivity index (χ2v) is 12.0. The summed E-state index contributed by atoms with van der Waals surface area (Å²) in [4.78, 5) is 18.0. The molecule has 1 aliphatic heterocycles. The van der Waals surface area contributed by atoms with Crippen LogP contribution in [0.5, 0.6) is 5.75 Å². The van der Waals surface area contributed by atoms with Crippen LogP contribution in [0, 0.1) is 0 Å². The number of nitrogens with zero attached hydrogens (tertiary/aromatic N) is 1. The largest absolute Gasteiger partial charge is 0.491 e. The van der Waals surface area contributed by atoms with Gasteiger partial charge in [-0.15, -0.1) is 0 Å². The summed E-state index contributed by atoms with van der Waals surface area (Å²) in [5.74, 6) is 0.511. The highest BCUT2D eigenvalue weighted by molar-refractivity contribution is 7.90. The molecule has 0 saturated carbocycles. The first kappa shape index (κ1) is 27.3. The molecule has 1 aromatic heterocycles. The number of hydrogen-bond donors (Lipinski definition) is 3. The second kappa shape index (κ2) is 11.3. The minimum Gasteiger partial charge on any atom is -0.491 e. The molecule has 3 N–H and O–H groups in total. The zero-order chi connectivity index (χ0) is 26.7. The molecule has 200 valence electrons. The Kier molecular flexibility index (Phi) is 8.33. The first-order valence-electron chi connectivity index (χ1n) is 12.2. The summed E-state index contributed by atoms with van der Waals surface area (Å²) in [6, 6.07) is 12.6. The van der Waals surface area contributed by atoms with E-state index in [2.05, 4.69) is 9.71 Å². The van der Waals surface area contributed by atoms with E-state index < -0.39 is 21.4 Å². The van der Waals surface area contributed by atoms with Crippen molar-refractivity contribution in [3.05, 3.63) is 64.3 Å². The average Bonchev–Trinajstić information content (AvgIpc) is 3.24. The lowest BCUT2D eigenvalue weighted by molar-refractivity contribution is 0.0931. The molecule has 0 bridgehead atoms. The maximum absolute atomic E-state index is 12.8. The average molecular weight is 550 g/mol. The van der Waals surface area contributed by atoms with Crippen molar-refractivity contribution in [2.75, 3.05) is 26.3 Å². The first-order chi connectivity index (χ1) is 17.6. The number of rotatable bonds is 9. The van der Waals surface area contributed by atoms with Gasteiger partial charge in [-0.3, -0.25) is 4.90 Å². The smallest absolute Gasteiger partial charge is 0.410 e. The van der Waals surface area contributed by atoms with E-state index in [0.717, 1.165) is 27.7 Å². The zero-order valence-electron chi connectivity index (χ0n) is 21.0. The number of sulfonamides is 1. The number of amides is 1. The molecule has 0 fully saturated rings. The molecular formula is C26H32ClN3O6S. The van der Waals surface area contributed by atoms with Crippen molar-refractivity contribution in [3.8, 4) is 5.75 Å². The van der Waals surface area contributed by atoms with Crippen LogP contribution in [0.3, 0.4) is 0 Å². The fourth-order valence-corrected chi connectivity index (χ4v) is 5.32. The number of fused-ring (bicyclic) bond motifs is 3. The fourth-order valence-electron chi connectivity index (χ4n) is 4.39. The third-order valence-corrected chi connectivity index (χ3v) is 8.42. The van der Waals surface area contributed by atoms with Crippen molar-refractivity contribution >= 4 is 38.6 Å².